The Labute approximate surface area is 157 Å². The van der Waals surface area contributed by atoms with Crippen LogP contribution >= 0.6 is 0 Å². The van der Waals surface area contributed by atoms with Crippen molar-refractivity contribution in [1.29, 1.82) is 0 Å². The highest BCUT2D eigenvalue weighted by Gasteiger charge is 2.51. The Morgan fingerprint density at radius 1 is 1.11 bits per heavy atom. The summed E-state index contributed by atoms with van der Waals surface area (Å²) >= 11 is 0. The van der Waals surface area contributed by atoms with Gasteiger partial charge in [0.15, 0.2) is 5.69 Å². The summed E-state index contributed by atoms with van der Waals surface area (Å²) in [5.74, 6) is -0.134. The van der Waals surface area contributed by atoms with E-state index in [0.717, 1.165) is 16.5 Å². The molecule has 1 aliphatic rings. The molecule has 1 aliphatic heterocycles. The topological polar surface area (TPSA) is 78.1 Å². The third kappa shape index (κ3) is 3.07. The van der Waals surface area contributed by atoms with Crippen molar-refractivity contribution >= 4 is 22.7 Å². The molecule has 2 N–H and O–H groups in total. The molecule has 2 heterocycles. The molecule has 0 unspecified atom stereocenters. The maximum Gasteiger partial charge on any atom is 0.275 e. The maximum atomic E-state index is 12.9. The first-order valence-electron chi connectivity index (χ1n) is 9.17. The highest BCUT2D eigenvalue weighted by atomic mass is 16.2. The number of fused-ring (bicyclic) bond motifs is 1. The van der Waals surface area contributed by atoms with E-state index < -0.39 is 5.41 Å². The number of likely N-dealkylation sites (tertiary alicyclic amines) is 1. The lowest BCUT2D eigenvalue weighted by Gasteiger charge is -2.48. The number of carbonyl (C=O) groups is 2. The minimum Gasteiger partial charge on any atom is -0.356 e. The molecule has 0 atom stereocenters. The minimum atomic E-state index is -0.584. The monoisotopic (exact) mass is 362 g/mol. The molecule has 138 valence electrons. The van der Waals surface area contributed by atoms with Crippen molar-refractivity contribution in [3.05, 3.63) is 65.9 Å². The number of nitrogens with zero attached hydrogens (tertiary/aromatic N) is 2. The molecule has 2 amide bonds. The average molecular weight is 362 g/mol. The molecule has 4 rings (SSSR count). The summed E-state index contributed by atoms with van der Waals surface area (Å²) in [6.45, 7) is 3.28. The van der Waals surface area contributed by atoms with Crippen LogP contribution in [-0.4, -0.2) is 46.5 Å². The number of benzene rings is 2. The molecule has 1 aromatic heterocycles. The van der Waals surface area contributed by atoms with Crippen molar-refractivity contribution in [2.45, 2.75) is 13.3 Å². The molecule has 6 heteroatoms. The maximum absolute atomic E-state index is 12.9. The highest BCUT2D eigenvalue weighted by Crippen LogP contribution is 2.36. The third-order valence-corrected chi connectivity index (χ3v) is 5.15. The zero-order chi connectivity index (χ0) is 18.9. The number of hydrogen-bond acceptors (Lipinski definition) is 3. The first-order valence-corrected chi connectivity index (χ1v) is 9.17. The number of amides is 2. The Bertz CT molecular complexity index is 974. The van der Waals surface area contributed by atoms with Crippen LogP contribution in [0.5, 0.6) is 0 Å². The van der Waals surface area contributed by atoms with Crippen LogP contribution in [0.15, 0.2) is 54.6 Å². The Hall–Kier alpha value is -3.15. The van der Waals surface area contributed by atoms with E-state index in [0.29, 0.717) is 31.7 Å². The van der Waals surface area contributed by atoms with Gasteiger partial charge in [-0.05, 0) is 25.0 Å². The zero-order valence-corrected chi connectivity index (χ0v) is 15.2. The van der Waals surface area contributed by atoms with Gasteiger partial charge in [-0.2, -0.15) is 5.10 Å². The first kappa shape index (κ1) is 17.3. The van der Waals surface area contributed by atoms with Crippen molar-refractivity contribution in [3.8, 4) is 0 Å². The van der Waals surface area contributed by atoms with Gasteiger partial charge in [-0.25, -0.2) is 0 Å². The summed E-state index contributed by atoms with van der Waals surface area (Å²) in [4.78, 5) is 27.4. The van der Waals surface area contributed by atoms with E-state index in [1.54, 1.807) is 4.90 Å². The lowest BCUT2D eigenvalue weighted by molar-refractivity contribution is -0.139. The third-order valence-electron chi connectivity index (χ3n) is 5.15. The number of aromatic amines is 1. The number of para-hydroxylation sites is 1. The molecule has 0 radical (unpaired) electrons. The van der Waals surface area contributed by atoms with Crippen LogP contribution in [0, 0.1) is 5.41 Å². The Kier molecular flexibility index (Phi) is 4.39. The number of H-pyrrole nitrogens is 1. The van der Waals surface area contributed by atoms with E-state index in [4.69, 9.17) is 0 Å². The molecular formula is C21H22N4O2. The van der Waals surface area contributed by atoms with Gasteiger partial charge in [0, 0.05) is 25.0 Å². The molecule has 0 bridgehead atoms. The number of hydrogen-bond donors (Lipinski definition) is 2. The quantitative estimate of drug-likeness (QED) is 0.731. The zero-order valence-electron chi connectivity index (χ0n) is 15.2. The van der Waals surface area contributed by atoms with Crippen LogP contribution in [0.4, 0.5) is 0 Å². The van der Waals surface area contributed by atoms with Gasteiger partial charge < -0.3 is 10.2 Å². The number of aromatic nitrogens is 2. The van der Waals surface area contributed by atoms with Crippen molar-refractivity contribution < 1.29 is 9.59 Å². The SMILES string of the molecule is CCNC(=O)C1(Cc2ccccc2)CN(C(=O)c2n[nH]c3ccccc23)C1. The molecule has 2 aromatic carbocycles. The van der Waals surface area contributed by atoms with Crippen molar-refractivity contribution in [1.82, 2.24) is 20.4 Å². The summed E-state index contributed by atoms with van der Waals surface area (Å²) in [6.07, 6.45) is 0.616. The molecule has 3 aromatic rings. The lowest BCUT2D eigenvalue weighted by Crippen LogP contribution is -2.65. The lowest BCUT2D eigenvalue weighted by atomic mass is 9.73. The standard InChI is InChI=1S/C21H22N4O2/c1-2-22-20(27)21(12-15-8-4-3-5-9-15)13-25(14-21)19(26)18-16-10-6-7-11-17(16)23-24-18/h3-11H,2,12-14H2,1H3,(H,22,27)(H,23,24). The van der Waals surface area contributed by atoms with Crippen LogP contribution in [0.2, 0.25) is 0 Å². The van der Waals surface area contributed by atoms with Crippen LogP contribution in [0.1, 0.15) is 23.0 Å². The van der Waals surface area contributed by atoms with Gasteiger partial charge in [-0.3, -0.25) is 14.7 Å². The normalized spacial score (nSPS) is 15.4. The molecule has 0 spiro atoms. The van der Waals surface area contributed by atoms with Gasteiger partial charge in [0.25, 0.3) is 5.91 Å². The predicted molar refractivity (Wildman–Crippen MR) is 103 cm³/mol. The second-order valence-electron chi connectivity index (χ2n) is 7.08. The Morgan fingerprint density at radius 2 is 1.81 bits per heavy atom. The fraction of sp³-hybridized carbons (Fsp3) is 0.286. The van der Waals surface area contributed by atoms with Crippen LogP contribution in [0.3, 0.4) is 0 Å². The van der Waals surface area contributed by atoms with Crippen LogP contribution in [-0.2, 0) is 11.2 Å². The van der Waals surface area contributed by atoms with Gasteiger partial charge in [0.1, 0.15) is 0 Å². The second kappa shape index (κ2) is 6.87. The fourth-order valence-corrected chi connectivity index (χ4v) is 3.77. The molecule has 27 heavy (non-hydrogen) atoms. The van der Waals surface area contributed by atoms with Gasteiger partial charge in [0.2, 0.25) is 5.91 Å². The van der Waals surface area contributed by atoms with E-state index in [9.17, 15) is 9.59 Å². The molecule has 0 aliphatic carbocycles. The number of rotatable bonds is 5. The molecular weight excluding hydrogens is 340 g/mol. The fourth-order valence-electron chi connectivity index (χ4n) is 3.77. The molecule has 1 saturated heterocycles. The van der Waals surface area contributed by atoms with Crippen LogP contribution in [0.25, 0.3) is 10.9 Å². The highest BCUT2D eigenvalue weighted by molar-refractivity contribution is 6.05. The second-order valence-corrected chi connectivity index (χ2v) is 7.08. The molecule has 0 saturated carbocycles. The van der Waals surface area contributed by atoms with Crippen molar-refractivity contribution in [2.24, 2.45) is 5.41 Å². The number of carbonyl (C=O) groups excluding carboxylic acids is 2. The summed E-state index contributed by atoms with van der Waals surface area (Å²) in [7, 11) is 0. The summed E-state index contributed by atoms with van der Waals surface area (Å²) in [5, 5.41) is 10.8. The Morgan fingerprint density at radius 3 is 2.56 bits per heavy atom. The van der Waals surface area contributed by atoms with Gasteiger partial charge >= 0.3 is 0 Å². The smallest absolute Gasteiger partial charge is 0.275 e. The summed E-state index contributed by atoms with van der Waals surface area (Å²) in [5.41, 5.74) is 1.76. The first-order chi connectivity index (χ1) is 13.1. The minimum absolute atomic E-state index is 0.00443. The van der Waals surface area contributed by atoms with E-state index >= 15 is 0 Å². The van der Waals surface area contributed by atoms with Gasteiger partial charge in [-0.15, -0.1) is 0 Å². The predicted octanol–water partition coefficient (Wildman–Crippen LogP) is 2.38. The van der Waals surface area contributed by atoms with E-state index in [1.807, 2.05) is 61.5 Å². The average Bonchev–Trinajstić information content (AvgIpc) is 3.09. The van der Waals surface area contributed by atoms with Crippen molar-refractivity contribution in [3.63, 3.8) is 0 Å². The largest absolute Gasteiger partial charge is 0.356 e. The van der Waals surface area contributed by atoms with Crippen LogP contribution < -0.4 is 5.32 Å². The molecule has 1 fully saturated rings. The Balaban J connectivity index is 1.55. The van der Waals surface area contributed by atoms with Gasteiger partial charge in [0.05, 0.1) is 10.9 Å². The van der Waals surface area contributed by atoms with E-state index in [1.165, 1.54) is 0 Å². The van der Waals surface area contributed by atoms with Crippen molar-refractivity contribution in [2.75, 3.05) is 19.6 Å². The molecule has 6 nitrogen and oxygen atoms in total. The summed E-state index contributed by atoms with van der Waals surface area (Å²) in [6, 6.07) is 17.5. The summed E-state index contributed by atoms with van der Waals surface area (Å²) < 4.78 is 0. The van der Waals surface area contributed by atoms with E-state index in [-0.39, 0.29) is 11.8 Å². The van der Waals surface area contributed by atoms with Gasteiger partial charge in [-0.1, -0.05) is 48.5 Å². The number of nitrogens with one attached hydrogen (secondary N) is 2. The van der Waals surface area contributed by atoms with E-state index in [2.05, 4.69) is 15.5 Å².